The standard InChI is InChI=1S/C36H53N7O6/c1-6-14-39-32(47)27(44)24(17-21-10-11-21)40-31(46)26-23-18-22(23)20-43(26)34(49)29(35(2,3)4)42-33(48)28(36(5)12-8-7-9-13-36)41-30(45)25-19-37-15-16-38-25/h15-16,19,21-24,26,28-29H,6-14,17-18,20H2,1-5H3,(H,39,47)(H,40,46)(H,41,45)(H,42,48)/t22-,23-,24?,26-,28+,29+/m0/s1. The number of nitrogens with one attached hydrogen (secondary N) is 4. The van der Waals surface area contributed by atoms with Gasteiger partial charge in [0.05, 0.1) is 12.2 Å². The van der Waals surface area contributed by atoms with Crippen LogP contribution in [0.1, 0.15) is 109 Å². The highest BCUT2D eigenvalue weighted by Gasteiger charge is 2.58. The SMILES string of the molecule is CCCNC(=O)C(=O)C(CC1CC1)NC(=O)[C@@H]1[C@H]2C[C@H]2CN1C(=O)[C@@H](NC(=O)[C@@H](NC(=O)c1cnccn1)C1(C)CCCCC1)C(C)(C)C. The second-order valence-electron chi connectivity index (χ2n) is 16.0. The molecule has 268 valence electrons. The van der Waals surface area contributed by atoms with E-state index in [4.69, 9.17) is 0 Å². The number of rotatable bonds is 14. The largest absolute Gasteiger partial charge is 0.349 e. The number of piperidine rings is 1. The predicted octanol–water partition coefficient (Wildman–Crippen LogP) is 2.30. The first-order valence-corrected chi connectivity index (χ1v) is 18.0. The summed E-state index contributed by atoms with van der Waals surface area (Å²) in [7, 11) is 0. The van der Waals surface area contributed by atoms with Crippen LogP contribution in [-0.4, -0.2) is 87.4 Å². The van der Waals surface area contributed by atoms with Crippen LogP contribution in [0.25, 0.3) is 0 Å². The van der Waals surface area contributed by atoms with Crippen LogP contribution in [-0.2, 0) is 24.0 Å². The lowest BCUT2D eigenvalue weighted by Gasteiger charge is -2.42. The minimum Gasteiger partial charge on any atom is -0.349 e. The maximum atomic E-state index is 14.5. The van der Waals surface area contributed by atoms with Crippen LogP contribution in [0.15, 0.2) is 18.6 Å². The Kier molecular flexibility index (Phi) is 11.1. The van der Waals surface area contributed by atoms with Gasteiger partial charge in [-0.05, 0) is 60.7 Å². The Morgan fingerprint density at radius 3 is 2.33 bits per heavy atom. The topological polar surface area (TPSA) is 180 Å². The summed E-state index contributed by atoms with van der Waals surface area (Å²) in [5, 5.41) is 11.4. The van der Waals surface area contributed by atoms with Crippen LogP contribution in [0.3, 0.4) is 0 Å². The Bertz CT molecular complexity index is 1420. The lowest BCUT2D eigenvalue weighted by molar-refractivity contribution is -0.146. The number of hydrogen-bond donors (Lipinski definition) is 4. The molecule has 1 aromatic heterocycles. The molecule has 1 aliphatic heterocycles. The third kappa shape index (κ3) is 8.64. The summed E-state index contributed by atoms with van der Waals surface area (Å²) in [5.41, 5.74) is -1.19. The zero-order valence-electron chi connectivity index (χ0n) is 29.5. The molecule has 4 fully saturated rings. The van der Waals surface area contributed by atoms with Gasteiger partial charge in [-0.3, -0.25) is 33.8 Å². The van der Waals surface area contributed by atoms with Crippen molar-refractivity contribution in [3.8, 4) is 0 Å². The fourth-order valence-corrected chi connectivity index (χ4v) is 7.55. The molecule has 3 aliphatic carbocycles. The monoisotopic (exact) mass is 679 g/mol. The summed E-state index contributed by atoms with van der Waals surface area (Å²) in [4.78, 5) is 91.3. The molecule has 0 spiro atoms. The second-order valence-corrected chi connectivity index (χ2v) is 16.0. The zero-order valence-corrected chi connectivity index (χ0v) is 29.5. The molecule has 13 nitrogen and oxygen atoms in total. The van der Waals surface area contributed by atoms with Crippen molar-refractivity contribution in [3.05, 3.63) is 24.3 Å². The molecule has 0 aromatic carbocycles. The molecular weight excluding hydrogens is 626 g/mol. The van der Waals surface area contributed by atoms with E-state index in [-0.39, 0.29) is 29.4 Å². The fourth-order valence-electron chi connectivity index (χ4n) is 7.55. The highest BCUT2D eigenvalue weighted by Crippen LogP contribution is 2.50. The Labute approximate surface area is 288 Å². The number of hydrogen-bond acceptors (Lipinski definition) is 8. The average Bonchev–Trinajstić information content (AvgIpc) is 4.01. The van der Waals surface area contributed by atoms with Gasteiger partial charge in [-0.1, -0.05) is 66.7 Å². The van der Waals surface area contributed by atoms with Crippen molar-refractivity contribution in [1.29, 1.82) is 0 Å². The van der Waals surface area contributed by atoms with E-state index in [2.05, 4.69) is 31.2 Å². The van der Waals surface area contributed by atoms with Crippen molar-refractivity contribution in [2.75, 3.05) is 13.1 Å². The van der Waals surface area contributed by atoms with E-state index in [0.29, 0.717) is 25.9 Å². The van der Waals surface area contributed by atoms with E-state index in [1.54, 1.807) is 4.90 Å². The van der Waals surface area contributed by atoms with E-state index >= 15 is 0 Å². The van der Waals surface area contributed by atoms with Gasteiger partial charge >= 0.3 is 0 Å². The summed E-state index contributed by atoms with van der Waals surface area (Å²) in [6, 6.07) is -3.70. The molecule has 1 saturated heterocycles. The lowest BCUT2D eigenvalue weighted by atomic mass is 9.70. The van der Waals surface area contributed by atoms with Gasteiger partial charge in [-0.2, -0.15) is 0 Å². The number of amides is 5. The molecule has 1 aromatic rings. The van der Waals surface area contributed by atoms with Gasteiger partial charge in [0, 0.05) is 25.5 Å². The van der Waals surface area contributed by atoms with E-state index in [1.807, 2.05) is 34.6 Å². The predicted molar refractivity (Wildman–Crippen MR) is 181 cm³/mol. The summed E-state index contributed by atoms with van der Waals surface area (Å²) >= 11 is 0. The summed E-state index contributed by atoms with van der Waals surface area (Å²) in [5.74, 6) is -2.80. The Morgan fingerprint density at radius 1 is 1.00 bits per heavy atom. The molecule has 13 heteroatoms. The molecule has 2 heterocycles. The summed E-state index contributed by atoms with van der Waals surface area (Å²) < 4.78 is 0. The quantitative estimate of drug-likeness (QED) is 0.216. The number of carbonyl (C=O) groups is 6. The van der Waals surface area contributed by atoms with Gasteiger partial charge in [-0.15, -0.1) is 0 Å². The van der Waals surface area contributed by atoms with E-state index < -0.39 is 64.4 Å². The molecule has 4 aliphatic rings. The molecule has 0 bridgehead atoms. The van der Waals surface area contributed by atoms with E-state index in [1.165, 1.54) is 18.6 Å². The molecule has 3 saturated carbocycles. The number of likely N-dealkylation sites (tertiary alicyclic amines) is 1. The lowest BCUT2D eigenvalue weighted by Crippen LogP contribution is -2.63. The van der Waals surface area contributed by atoms with Crippen LogP contribution in [0.2, 0.25) is 0 Å². The normalized spacial score (nSPS) is 24.4. The van der Waals surface area contributed by atoms with Gasteiger partial charge < -0.3 is 26.2 Å². The third-order valence-electron chi connectivity index (χ3n) is 10.8. The molecule has 6 atom stereocenters. The average molecular weight is 680 g/mol. The van der Waals surface area contributed by atoms with Gasteiger partial charge in [0.1, 0.15) is 23.8 Å². The van der Waals surface area contributed by atoms with Crippen molar-refractivity contribution in [3.63, 3.8) is 0 Å². The zero-order chi connectivity index (χ0) is 35.5. The molecule has 5 rings (SSSR count). The number of aromatic nitrogens is 2. The van der Waals surface area contributed by atoms with Crippen LogP contribution >= 0.6 is 0 Å². The van der Waals surface area contributed by atoms with Crippen molar-refractivity contribution in [2.24, 2.45) is 28.6 Å². The maximum Gasteiger partial charge on any atom is 0.289 e. The van der Waals surface area contributed by atoms with Crippen molar-refractivity contribution >= 4 is 35.3 Å². The number of fused-ring (bicyclic) bond motifs is 1. The van der Waals surface area contributed by atoms with Crippen LogP contribution in [0, 0.1) is 28.6 Å². The van der Waals surface area contributed by atoms with Crippen LogP contribution in [0.4, 0.5) is 0 Å². The number of ketones is 1. The number of Topliss-reactive ketones (excluding diaryl/α,β-unsaturated/α-hetero) is 1. The van der Waals surface area contributed by atoms with Gasteiger partial charge in [0.25, 0.3) is 11.8 Å². The minimum absolute atomic E-state index is 0.0500. The van der Waals surface area contributed by atoms with Crippen molar-refractivity contribution < 1.29 is 28.8 Å². The minimum atomic E-state index is -1.00. The molecular formula is C36H53N7O6. The molecule has 1 unspecified atom stereocenters. The Balaban J connectivity index is 1.34. The van der Waals surface area contributed by atoms with Gasteiger partial charge in [0.2, 0.25) is 23.5 Å². The van der Waals surface area contributed by atoms with Gasteiger partial charge in [0.15, 0.2) is 0 Å². The highest BCUT2D eigenvalue weighted by molar-refractivity contribution is 6.38. The Hall–Kier alpha value is -3.90. The smallest absolute Gasteiger partial charge is 0.289 e. The Morgan fingerprint density at radius 2 is 1.71 bits per heavy atom. The first-order valence-electron chi connectivity index (χ1n) is 18.0. The van der Waals surface area contributed by atoms with E-state index in [9.17, 15) is 28.8 Å². The number of carbonyl (C=O) groups excluding carboxylic acids is 6. The first-order chi connectivity index (χ1) is 23.2. The number of nitrogens with zero attached hydrogens (tertiary/aromatic N) is 3. The molecule has 49 heavy (non-hydrogen) atoms. The molecule has 0 radical (unpaired) electrons. The fraction of sp³-hybridized carbons (Fsp3) is 0.722. The summed E-state index contributed by atoms with van der Waals surface area (Å²) in [6.07, 6.45) is 12.3. The second kappa shape index (κ2) is 14.9. The van der Waals surface area contributed by atoms with Crippen LogP contribution < -0.4 is 21.3 Å². The van der Waals surface area contributed by atoms with Crippen molar-refractivity contribution in [2.45, 2.75) is 123 Å². The van der Waals surface area contributed by atoms with Gasteiger partial charge in [-0.25, -0.2) is 4.98 Å². The van der Waals surface area contributed by atoms with Crippen LogP contribution in [0.5, 0.6) is 0 Å². The van der Waals surface area contributed by atoms with E-state index in [0.717, 1.165) is 51.4 Å². The molecule has 5 amide bonds. The van der Waals surface area contributed by atoms with Crippen molar-refractivity contribution in [1.82, 2.24) is 36.1 Å². The summed E-state index contributed by atoms with van der Waals surface area (Å²) in [6.45, 7) is 10.2. The maximum absolute atomic E-state index is 14.5. The first kappa shape index (κ1) is 36.4. The highest BCUT2D eigenvalue weighted by atomic mass is 16.2. The third-order valence-corrected chi connectivity index (χ3v) is 10.8. The molecule has 4 N–H and O–H groups in total.